The molecule has 2 atom stereocenters. The van der Waals surface area contributed by atoms with Gasteiger partial charge >= 0.3 is 8.60 Å². The van der Waals surface area contributed by atoms with Crippen LogP contribution in [0.4, 0.5) is 0 Å². The Labute approximate surface area is 188 Å². The van der Waals surface area contributed by atoms with Gasteiger partial charge in [-0.15, -0.1) is 0 Å². The fourth-order valence-electron chi connectivity index (χ4n) is 2.18. The molecule has 0 aromatic carbocycles. The minimum atomic E-state index is -1.85. The Bertz CT molecular complexity index is 439. The van der Waals surface area contributed by atoms with Crippen LogP contribution in [0.2, 0.25) is 0 Å². The number of primary amides is 1. The Balaban J connectivity index is -0.00000116. The molecule has 0 heterocycles. The van der Waals surface area contributed by atoms with Gasteiger partial charge in [-0.3, -0.25) is 14.4 Å². The summed E-state index contributed by atoms with van der Waals surface area (Å²) < 4.78 is 9.70. The summed E-state index contributed by atoms with van der Waals surface area (Å²) in [6.07, 6.45) is 5.59. The van der Waals surface area contributed by atoms with Crippen LogP contribution in [0.15, 0.2) is 0 Å². The smallest absolute Gasteiger partial charge is 0.329 e. The van der Waals surface area contributed by atoms with Crippen molar-refractivity contribution in [2.75, 3.05) is 33.4 Å². The van der Waals surface area contributed by atoms with Crippen molar-refractivity contribution in [2.45, 2.75) is 72.6 Å². The summed E-state index contributed by atoms with van der Waals surface area (Å²) in [6, 6.07) is 0. The van der Waals surface area contributed by atoms with E-state index in [4.69, 9.17) is 4.52 Å². The van der Waals surface area contributed by atoms with Crippen LogP contribution in [0.5, 0.6) is 0 Å². The van der Waals surface area contributed by atoms with Crippen molar-refractivity contribution in [1.82, 2.24) is 10.6 Å². The molecule has 11 heteroatoms. The predicted octanol–water partition coefficient (Wildman–Crippen LogP) is 1.98. The number of aliphatic hydroxyl groups excluding tert-OH is 1. The normalized spacial score (nSPS) is 11.7. The van der Waals surface area contributed by atoms with E-state index in [0.29, 0.717) is 19.5 Å². The lowest BCUT2D eigenvalue weighted by atomic mass is 10.0. The van der Waals surface area contributed by atoms with Gasteiger partial charge in [0.2, 0.25) is 17.7 Å². The molecular formula is C20H44N3O7P. The number of carbonyl (C=O) groups is 3. The van der Waals surface area contributed by atoms with Gasteiger partial charge in [-0.1, -0.05) is 26.7 Å². The minimum Gasteiger partial charge on any atom is -0.396 e. The molecule has 3 amide bonds. The summed E-state index contributed by atoms with van der Waals surface area (Å²) >= 11 is 0. The summed E-state index contributed by atoms with van der Waals surface area (Å²) in [5, 5.41) is 14.9. The van der Waals surface area contributed by atoms with Crippen molar-refractivity contribution in [3.63, 3.8) is 0 Å². The number of hydrogen-bond acceptors (Lipinski definition) is 7. The second-order valence-corrected chi connectivity index (χ2v) is 7.61. The number of rotatable bonds is 16. The standard InChI is InChI=1S/C16H33N2O6P.C2H5NO.C2H6/c1-14(20)17-10-6-3-4-9-16(21)18-11-7-5-8-15(12-19)13-24-25(22)23-2;1-2(3)4;1-2/h15,19,22H,3-13H2,1-2H3,(H,17,20)(H,18,21);1H3,(H2,3,4);1-2H3. The molecule has 0 aliphatic heterocycles. The van der Waals surface area contributed by atoms with E-state index in [-0.39, 0.29) is 36.9 Å². The predicted molar refractivity (Wildman–Crippen MR) is 123 cm³/mol. The van der Waals surface area contributed by atoms with Gasteiger partial charge < -0.3 is 35.4 Å². The average Bonchev–Trinajstić information content (AvgIpc) is 2.73. The molecule has 0 saturated heterocycles. The number of hydrogen-bond donors (Lipinski definition) is 5. The van der Waals surface area contributed by atoms with Crippen LogP contribution in [-0.2, 0) is 23.4 Å². The summed E-state index contributed by atoms with van der Waals surface area (Å²) in [4.78, 5) is 40.8. The summed E-state index contributed by atoms with van der Waals surface area (Å²) in [5.41, 5.74) is 4.47. The quantitative estimate of drug-likeness (QED) is 0.171. The van der Waals surface area contributed by atoms with Crippen LogP contribution in [0.3, 0.4) is 0 Å². The number of nitrogens with one attached hydrogen (secondary N) is 2. The zero-order chi connectivity index (χ0) is 24.5. The van der Waals surface area contributed by atoms with Crippen LogP contribution >= 0.6 is 8.60 Å². The number of nitrogens with two attached hydrogens (primary N) is 1. The first-order valence-electron chi connectivity index (χ1n) is 10.8. The maximum Gasteiger partial charge on any atom is 0.329 e. The first-order chi connectivity index (χ1) is 14.7. The van der Waals surface area contributed by atoms with Crippen LogP contribution in [0.1, 0.15) is 72.6 Å². The summed E-state index contributed by atoms with van der Waals surface area (Å²) in [5.74, 6) is -0.345. The molecule has 0 radical (unpaired) electrons. The average molecular weight is 470 g/mol. The van der Waals surface area contributed by atoms with Gasteiger partial charge in [0, 0.05) is 53.0 Å². The van der Waals surface area contributed by atoms with Crippen LogP contribution < -0.4 is 16.4 Å². The molecule has 0 aromatic rings. The molecule has 0 rings (SSSR count). The first kappa shape index (κ1) is 34.3. The highest BCUT2D eigenvalue weighted by Gasteiger charge is 2.12. The maximum atomic E-state index is 11.7. The highest BCUT2D eigenvalue weighted by atomic mass is 31.2. The second-order valence-electron chi connectivity index (χ2n) is 6.51. The maximum absolute atomic E-state index is 11.7. The lowest BCUT2D eigenvalue weighted by molar-refractivity contribution is -0.121. The first-order valence-corrected chi connectivity index (χ1v) is 11.9. The van der Waals surface area contributed by atoms with E-state index in [2.05, 4.69) is 20.9 Å². The van der Waals surface area contributed by atoms with Gasteiger partial charge in [0.15, 0.2) is 0 Å². The molecule has 0 aliphatic carbocycles. The Hall–Kier alpha value is -1.32. The van der Waals surface area contributed by atoms with Gasteiger partial charge in [-0.25, -0.2) is 0 Å². The zero-order valence-corrected chi connectivity index (χ0v) is 20.7. The Morgan fingerprint density at radius 2 is 1.55 bits per heavy atom. The van der Waals surface area contributed by atoms with Crippen molar-refractivity contribution in [2.24, 2.45) is 11.7 Å². The van der Waals surface area contributed by atoms with Gasteiger partial charge in [0.05, 0.1) is 6.61 Å². The highest BCUT2D eigenvalue weighted by Crippen LogP contribution is 2.32. The topological polar surface area (TPSA) is 160 Å². The molecule has 31 heavy (non-hydrogen) atoms. The minimum absolute atomic E-state index is 0.00225. The van der Waals surface area contributed by atoms with Crippen molar-refractivity contribution >= 4 is 26.3 Å². The van der Waals surface area contributed by atoms with Crippen molar-refractivity contribution in [1.29, 1.82) is 0 Å². The third-order valence-corrected chi connectivity index (χ3v) is 4.33. The van der Waals surface area contributed by atoms with E-state index in [0.717, 1.165) is 38.5 Å². The monoisotopic (exact) mass is 469 g/mol. The zero-order valence-electron chi connectivity index (χ0n) is 19.8. The third-order valence-electron chi connectivity index (χ3n) is 3.65. The molecule has 0 fully saturated rings. The Kier molecular flexibility index (Phi) is 29.6. The van der Waals surface area contributed by atoms with E-state index in [9.17, 15) is 24.4 Å². The number of carbonyl (C=O) groups excluding carboxylic acids is 3. The Morgan fingerprint density at radius 1 is 1.00 bits per heavy atom. The molecule has 10 nitrogen and oxygen atoms in total. The van der Waals surface area contributed by atoms with E-state index >= 15 is 0 Å². The number of aliphatic hydroxyl groups is 1. The lowest BCUT2D eigenvalue weighted by Gasteiger charge is -2.15. The molecule has 186 valence electrons. The third kappa shape index (κ3) is 33.5. The van der Waals surface area contributed by atoms with Gasteiger partial charge in [-0.05, 0) is 25.7 Å². The highest BCUT2D eigenvalue weighted by molar-refractivity contribution is 7.40. The van der Waals surface area contributed by atoms with Crippen molar-refractivity contribution < 1.29 is 33.4 Å². The number of amides is 3. The SMILES string of the molecule is CC.CC(N)=O.COP(O)OCC(CO)CCCCNC(=O)CCCCCNC(C)=O. The van der Waals surface area contributed by atoms with Crippen molar-refractivity contribution in [3.8, 4) is 0 Å². The van der Waals surface area contributed by atoms with Gasteiger partial charge in [0.1, 0.15) is 0 Å². The van der Waals surface area contributed by atoms with Crippen molar-refractivity contribution in [3.05, 3.63) is 0 Å². The second kappa shape index (κ2) is 26.7. The van der Waals surface area contributed by atoms with Crippen LogP contribution in [-0.4, -0.2) is 61.1 Å². The van der Waals surface area contributed by atoms with Gasteiger partial charge in [0.25, 0.3) is 0 Å². The molecule has 0 aliphatic rings. The number of unbranched alkanes of at least 4 members (excludes halogenated alkanes) is 3. The van der Waals surface area contributed by atoms with E-state index < -0.39 is 8.60 Å². The molecule has 6 N–H and O–H groups in total. The van der Waals surface area contributed by atoms with E-state index in [1.807, 2.05) is 13.8 Å². The summed E-state index contributed by atoms with van der Waals surface area (Å²) in [7, 11) is -0.483. The molecular weight excluding hydrogens is 425 g/mol. The summed E-state index contributed by atoms with van der Waals surface area (Å²) in [6.45, 7) is 8.34. The Morgan fingerprint density at radius 3 is 2.06 bits per heavy atom. The van der Waals surface area contributed by atoms with Crippen LogP contribution in [0.25, 0.3) is 0 Å². The molecule has 0 bridgehead atoms. The van der Waals surface area contributed by atoms with E-state index in [1.165, 1.54) is 21.0 Å². The van der Waals surface area contributed by atoms with Crippen LogP contribution in [0, 0.1) is 5.92 Å². The molecule has 0 saturated carbocycles. The lowest BCUT2D eigenvalue weighted by Crippen LogP contribution is -2.24. The largest absolute Gasteiger partial charge is 0.396 e. The molecule has 0 spiro atoms. The molecule has 2 unspecified atom stereocenters. The fraction of sp³-hybridized carbons (Fsp3) is 0.850. The fourth-order valence-corrected chi connectivity index (χ4v) is 2.62. The van der Waals surface area contributed by atoms with Gasteiger partial charge in [-0.2, -0.15) is 0 Å². The molecule has 0 aromatic heterocycles. The van der Waals surface area contributed by atoms with E-state index in [1.54, 1.807) is 0 Å².